The summed E-state index contributed by atoms with van der Waals surface area (Å²) in [6.45, 7) is 7.38. The lowest BCUT2D eigenvalue weighted by atomic mass is 10.2. The van der Waals surface area contributed by atoms with E-state index in [1.54, 1.807) is 38.4 Å². The van der Waals surface area contributed by atoms with Crippen LogP contribution in [0.5, 0.6) is 17.2 Å². The van der Waals surface area contributed by atoms with E-state index in [4.69, 9.17) is 14.2 Å². The maximum atomic E-state index is 13.7. The normalized spacial score (nSPS) is 10.9. The maximum Gasteiger partial charge on any atom is 0.203 e. The fourth-order valence-electron chi connectivity index (χ4n) is 3.01. The smallest absolute Gasteiger partial charge is 0.203 e. The largest absolute Gasteiger partial charge is 0.493 e. The van der Waals surface area contributed by atoms with E-state index in [0.29, 0.717) is 23.8 Å². The molecule has 0 saturated carbocycles. The molecule has 0 heterocycles. The fourth-order valence-corrected chi connectivity index (χ4v) is 3.01. The summed E-state index contributed by atoms with van der Waals surface area (Å²) in [5, 5.41) is 0. The van der Waals surface area contributed by atoms with Crippen LogP contribution in [0.25, 0.3) is 0 Å². The average molecular weight is 371 g/mol. The highest BCUT2D eigenvalue weighted by Gasteiger charge is 2.17. The highest BCUT2D eigenvalue weighted by Crippen LogP contribution is 2.41. The zero-order valence-electron chi connectivity index (χ0n) is 17.0. The molecule has 150 valence electrons. The Morgan fingerprint density at radius 1 is 0.808 bits per heavy atom. The first-order valence-corrected chi connectivity index (χ1v) is 9.48. The molecule has 0 bridgehead atoms. The second-order valence-corrected chi connectivity index (χ2v) is 6.32. The van der Waals surface area contributed by atoms with Crippen LogP contribution in [0.15, 0.2) is 12.1 Å². The van der Waals surface area contributed by atoms with Crippen molar-refractivity contribution in [2.75, 3.05) is 59.2 Å². The van der Waals surface area contributed by atoms with Crippen molar-refractivity contribution in [2.24, 2.45) is 0 Å². The monoisotopic (exact) mass is 370 g/mol. The quantitative estimate of drug-likeness (QED) is 0.359. The van der Waals surface area contributed by atoms with Crippen LogP contribution in [0.4, 0.5) is 10.1 Å². The van der Waals surface area contributed by atoms with Crippen LogP contribution in [0.1, 0.15) is 39.5 Å². The molecule has 0 radical (unpaired) electrons. The van der Waals surface area contributed by atoms with Crippen LogP contribution < -0.4 is 19.1 Å². The van der Waals surface area contributed by atoms with E-state index in [2.05, 4.69) is 18.7 Å². The van der Waals surface area contributed by atoms with E-state index in [1.807, 2.05) is 0 Å². The fraction of sp³-hybridized carbons (Fsp3) is 0.700. The number of anilines is 1. The molecule has 0 atom stereocenters. The van der Waals surface area contributed by atoms with Gasteiger partial charge in [0.25, 0.3) is 0 Å². The van der Waals surface area contributed by atoms with Gasteiger partial charge < -0.3 is 24.0 Å². The van der Waals surface area contributed by atoms with E-state index < -0.39 is 6.80 Å². The first-order chi connectivity index (χ1) is 12.6. The molecule has 1 aromatic carbocycles. The Labute approximate surface area is 158 Å². The molecule has 26 heavy (non-hydrogen) atoms. The highest BCUT2D eigenvalue weighted by atomic mass is 19.1. The van der Waals surface area contributed by atoms with Gasteiger partial charge in [-0.1, -0.05) is 26.7 Å². The number of unbranched alkanes of at least 4 members (excludes halogenated alkanes) is 2. The van der Waals surface area contributed by atoms with Gasteiger partial charge in [-0.3, -0.25) is 0 Å². The number of benzene rings is 1. The van der Waals surface area contributed by atoms with E-state index >= 15 is 0 Å². The number of nitrogens with zero attached hydrogens (tertiary/aromatic N) is 2. The Morgan fingerprint density at radius 2 is 1.46 bits per heavy atom. The minimum Gasteiger partial charge on any atom is -0.493 e. The molecule has 0 aliphatic rings. The minimum atomic E-state index is -0.562. The SMILES string of the molecule is CCCCCN(CCC)CCN(CF)c1cc(OC)c(OC)c(OC)c1. The molecule has 0 amide bonds. The predicted molar refractivity (Wildman–Crippen MR) is 106 cm³/mol. The molecule has 5 nitrogen and oxygen atoms in total. The average Bonchev–Trinajstić information content (AvgIpc) is 2.67. The zero-order chi connectivity index (χ0) is 19.4. The lowest BCUT2D eigenvalue weighted by Crippen LogP contribution is -2.36. The van der Waals surface area contributed by atoms with Gasteiger partial charge >= 0.3 is 0 Å². The third-order valence-corrected chi connectivity index (χ3v) is 4.46. The first-order valence-electron chi connectivity index (χ1n) is 9.48. The second-order valence-electron chi connectivity index (χ2n) is 6.32. The lowest BCUT2D eigenvalue weighted by molar-refractivity contribution is 0.269. The molecule has 0 fully saturated rings. The Hall–Kier alpha value is -1.69. The van der Waals surface area contributed by atoms with Crippen molar-refractivity contribution in [1.82, 2.24) is 4.90 Å². The molecule has 6 heteroatoms. The van der Waals surface area contributed by atoms with Crippen molar-refractivity contribution < 1.29 is 18.6 Å². The van der Waals surface area contributed by atoms with Gasteiger partial charge in [0.2, 0.25) is 5.75 Å². The highest BCUT2D eigenvalue weighted by molar-refractivity contribution is 5.63. The summed E-state index contributed by atoms with van der Waals surface area (Å²) in [5.74, 6) is 1.59. The summed E-state index contributed by atoms with van der Waals surface area (Å²) in [4.78, 5) is 4.11. The molecule has 0 unspecified atom stereocenters. The maximum absolute atomic E-state index is 13.7. The number of ether oxygens (including phenoxy) is 3. The molecule has 1 aromatic rings. The second kappa shape index (κ2) is 12.6. The van der Waals surface area contributed by atoms with Crippen LogP contribution in [0.3, 0.4) is 0 Å². The van der Waals surface area contributed by atoms with Gasteiger partial charge in [-0.05, 0) is 25.9 Å². The van der Waals surface area contributed by atoms with E-state index in [0.717, 1.165) is 31.7 Å². The summed E-state index contributed by atoms with van der Waals surface area (Å²) in [7, 11) is 4.70. The summed E-state index contributed by atoms with van der Waals surface area (Å²) in [5.41, 5.74) is 0.729. The standard InChI is InChI=1S/C20H35FN2O3/c1-6-8-9-11-22(10-7-2)12-13-23(16-21)17-14-18(24-3)20(26-5)19(15-17)25-4/h14-15H,6-13,16H2,1-5H3. The van der Waals surface area contributed by atoms with E-state index in [-0.39, 0.29) is 0 Å². The molecule has 0 N–H and O–H groups in total. The van der Waals surface area contributed by atoms with Crippen molar-refractivity contribution in [3.63, 3.8) is 0 Å². The van der Waals surface area contributed by atoms with Crippen molar-refractivity contribution in [3.8, 4) is 17.2 Å². The number of hydrogen-bond donors (Lipinski definition) is 0. The first kappa shape index (κ1) is 22.4. The zero-order valence-corrected chi connectivity index (χ0v) is 17.0. The molecule has 0 saturated heterocycles. The third kappa shape index (κ3) is 6.56. The van der Waals surface area contributed by atoms with Gasteiger partial charge in [0.05, 0.1) is 21.3 Å². The Balaban J connectivity index is 2.86. The molecular weight excluding hydrogens is 335 g/mol. The number of alkyl halides is 1. The van der Waals surface area contributed by atoms with Crippen LogP contribution in [-0.2, 0) is 0 Å². The predicted octanol–water partition coefficient (Wildman–Crippen LogP) is 4.35. The number of hydrogen-bond acceptors (Lipinski definition) is 5. The molecular formula is C20H35FN2O3. The lowest BCUT2D eigenvalue weighted by Gasteiger charge is -2.28. The minimum absolute atomic E-state index is 0.518. The van der Waals surface area contributed by atoms with Gasteiger partial charge in [-0.2, -0.15) is 0 Å². The van der Waals surface area contributed by atoms with Gasteiger partial charge in [0, 0.05) is 30.9 Å². The van der Waals surface area contributed by atoms with Crippen molar-refractivity contribution in [3.05, 3.63) is 12.1 Å². The Kier molecular flexibility index (Phi) is 10.9. The van der Waals surface area contributed by atoms with Gasteiger partial charge in [0.1, 0.15) is 0 Å². The summed E-state index contributed by atoms with van der Waals surface area (Å²) in [6, 6.07) is 3.59. The van der Waals surface area contributed by atoms with Crippen molar-refractivity contribution >= 4 is 5.69 Å². The Bertz CT molecular complexity index is 489. The van der Waals surface area contributed by atoms with Crippen LogP contribution in [0.2, 0.25) is 0 Å². The molecule has 0 spiro atoms. The molecule has 0 aromatic heterocycles. The topological polar surface area (TPSA) is 34.2 Å². The molecule has 1 rings (SSSR count). The molecule has 0 aliphatic heterocycles. The summed E-state index contributed by atoms with van der Waals surface area (Å²) >= 11 is 0. The van der Waals surface area contributed by atoms with E-state index in [1.165, 1.54) is 19.3 Å². The van der Waals surface area contributed by atoms with Crippen LogP contribution in [-0.4, -0.2) is 59.2 Å². The van der Waals surface area contributed by atoms with Crippen molar-refractivity contribution in [2.45, 2.75) is 39.5 Å². The van der Waals surface area contributed by atoms with Crippen LogP contribution in [0, 0.1) is 0 Å². The van der Waals surface area contributed by atoms with E-state index in [9.17, 15) is 4.39 Å². The summed E-state index contributed by atoms with van der Waals surface area (Å²) < 4.78 is 29.8. The number of methoxy groups -OCH3 is 3. The van der Waals surface area contributed by atoms with Gasteiger partial charge in [-0.15, -0.1) is 0 Å². The Morgan fingerprint density at radius 3 is 1.92 bits per heavy atom. The van der Waals surface area contributed by atoms with Gasteiger partial charge in [0.15, 0.2) is 18.3 Å². The third-order valence-electron chi connectivity index (χ3n) is 4.46. The number of rotatable bonds is 14. The summed E-state index contributed by atoms with van der Waals surface area (Å²) in [6.07, 6.45) is 4.74. The van der Waals surface area contributed by atoms with Gasteiger partial charge in [-0.25, -0.2) is 4.39 Å². The van der Waals surface area contributed by atoms with Crippen LogP contribution >= 0.6 is 0 Å². The van der Waals surface area contributed by atoms with Crippen molar-refractivity contribution in [1.29, 1.82) is 0 Å². The molecule has 0 aliphatic carbocycles. The number of halogens is 1.